The smallest absolute Gasteiger partial charge is 0.324 e. The summed E-state index contributed by atoms with van der Waals surface area (Å²) in [6, 6.07) is 10.5. The van der Waals surface area contributed by atoms with E-state index in [1.165, 1.54) is 5.69 Å². The maximum Gasteiger partial charge on any atom is 0.324 e. The van der Waals surface area contributed by atoms with E-state index in [-0.39, 0.29) is 0 Å². The molecule has 26 heavy (non-hydrogen) atoms. The van der Waals surface area contributed by atoms with E-state index in [4.69, 9.17) is 4.52 Å². The Morgan fingerprint density at radius 2 is 1.85 bits per heavy atom. The van der Waals surface area contributed by atoms with Crippen molar-refractivity contribution in [1.29, 1.82) is 0 Å². The minimum Gasteiger partial charge on any atom is -0.346 e. The molecule has 1 aromatic carbocycles. The molecule has 0 aliphatic carbocycles. The van der Waals surface area contributed by atoms with Gasteiger partial charge in [-0.2, -0.15) is 4.98 Å². The molecule has 0 spiro atoms. The van der Waals surface area contributed by atoms with Crippen molar-refractivity contribution in [1.82, 2.24) is 25.0 Å². The van der Waals surface area contributed by atoms with Crippen molar-refractivity contribution in [3.8, 4) is 11.4 Å². The van der Waals surface area contributed by atoms with Crippen LogP contribution in [0.5, 0.6) is 0 Å². The Labute approximate surface area is 153 Å². The lowest BCUT2D eigenvalue weighted by molar-refractivity contribution is 0.240. The molecule has 1 aliphatic rings. The number of anilines is 1. The summed E-state index contributed by atoms with van der Waals surface area (Å²) in [5.41, 5.74) is 3.30. The molecule has 2 aromatic heterocycles. The molecule has 1 saturated heterocycles. The van der Waals surface area contributed by atoms with Gasteiger partial charge in [-0.15, -0.1) is 0 Å². The fourth-order valence-corrected chi connectivity index (χ4v) is 3.24. The molecule has 7 heteroatoms. The van der Waals surface area contributed by atoms with Gasteiger partial charge in [0.25, 0.3) is 0 Å². The highest BCUT2D eigenvalue weighted by Crippen LogP contribution is 2.21. The van der Waals surface area contributed by atoms with E-state index < -0.39 is 0 Å². The van der Waals surface area contributed by atoms with Crippen molar-refractivity contribution in [2.75, 3.05) is 31.1 Å². The first kappa shape index (κ1) is 16.8. The van der Waals surface area contributed by atoms with Gasteiger partial charge in [-0.3, -0.25) is 4.90 Å². The van der Waals surface area contributed by atoms with Crippen LogP contribution in [0.3, 0.4) is 0 Å². The quantitative estimate of drug-likeness (QED) is 0.761. The molecule has 4 rings (SSSR count). The van der Waals surface area contributed by atoms with Crippen LogP contribution in [-0.4, -0.2) is 51.2 Å². The molecular formula is C19H24N6O. The molecule has 0 atom stereocenters. The molecule has 1 N–H and O–H groups in total. The summed E-state index contributed by atoms with van der Waals surface area (Å²) in [4.78, 5) is 17.2. The number of piperazine rings is 1. The van der Waals surface area contributed by atoms with Gasteiger partial charge < -0.3 is 14.4 Å². The topological polar surface area (TPSA) is 74.1 Å². The highest BCUT2D eigenvalue weighted by molar-refractivity contribution is 5.55. The number of hydrogen-bond donors (Lipinski definition) is 1. The highest BCUT2D eigenvalue weighted by atomic mass is 16.5. The van der Waals surface area contributed by atoms with Crippen molar-refractivity contribution >= 4 is 6.01 Å². The third-order valence-electron chi connectivity index (χ3n) is 4.83. The predicted octanol–water partition coefficient (Wildman–Crippen LogP) is 2.65. The normalized spacial score (nSPS) is 15.5. The second-order valence-corrected chi connectivity index (χ2v) is 6.64. The second kappa shape index (κ2) is 7.29. The monoisotopic (exact) mass is 352 g/mol. The van der Waals surface area contributed by atoms with Gasteiger partial charge in [0.15, 0.2) is 0 Å². The van der Waals surface area contributed by atoms with E-state index in [1.807, 2.05) is 30.3 Å². The maximum absolute atomic E-state index is 5.48. The zero-order valence-electron chi connectivity index (χ0n) is 15.3. The van der Waals surface area contributed by atoms with Gasteiger partial charge in [-0.1, -0.05) is 42.4 Å². The summed E-state index contributed by atoms with van der Waals surface area (Å²) in [6.07, 6.45) is 0.940. The van der Waals surface area contributed by atoms with E-state index in [0.29, 0.717) is 11.8 Å². The van der Waals surface area contributed by atoms with Crippen LogP contribution in [0.1, 0.15) is 24.1 Å². The number of nitrogens with zero attached hydrogens (tertiary/aromatic N) is 5. The second-order valence-electron chi connectivity index (χ2n) is 6.64. The Bertz CT molecular complexity index is 848. The molecule has 7 nitrogen and oxygen atoms in total. The first-order valence-corrected chi connectivity index (χ1v) is 9.13. The van der Waals surface area contributed by atoms with E-state index in [9.17, 15) is 0 Å². The van der Waals surface area contributed by atoms with Crippen molar-refractivity contribution in [2.45, 2.75) is 26.8 Å². The molecule has 0 unspecified atom stereocenters. The van der Waals surface area contributed by atoms with Crippen LogP contribution in [0.15, 0.2) is 34.9 Å². The van der Waals surface area contributed by atoms with Crippen molar-refractivity contribution < 1.29 is 4.52 Å². The Morgan fingerprint density at radius 3 is 2.54 bits per heavy atom. The average molecular weight is 352 g/mol. The number of nitrogens with one attached hydrogen (secondary N) is 1. The zero-order chi connectivity index (χ0) is 17.9. The number of aryl methyl sites for hydroxylation is 2. The first-order chi connectivity index (χ1) is 12.7. The Kier molecular flexibility index (Phi) is 4.71. The lowest BCUT2D eigenvalue weighted by Gasteiger charge is -2.33. The van der Waals surface area contributed by atoms with E-state index >= 15 is 0 Å². The van der Waals surface area contributed by atoms with Crippen LogP contribution in [-0.2, 0) is 13.0 Å². The van der Waals surface area contributed by atoms with Gasteiger partial charge in [0, 0.05) is 50.4 Å². The average Bonchev–Trinajstić information content (AvgIpc) is 3.31. The largest absolute Gasteiger partial charge is 0.346 e. The molecule has 1 fully saturated rings. The molecule has 3 heterocycles. The number of aromatic amines is 1. The molecule has 136 valence electrons. The molecule has 3 aromatic rings. The fourth-order valence-electron chi connectivity index (χ4n) is 3.24. The minimum atomic E-state index is 0.604. The number of aromatic nitrogens is 4. The van der Waals surface area contributed by atoms with Crippen LogP contribution < -0.4 is 4.90 Å². The van der Waals surface area contributed by atoms with Crippen LogP contribution in [0, 0.1) is 6.92 Å². The van der Waals surface area contributed by atoms with Crippen molar-refractivity contribution in [3.63, 3.8) is 0 Å². The Hall–Kier alpha value is -2.67. The standard InChI is InChI=1S/C19H24N6O/c1-3-17-20-14(2)16(21-17)13-24-9-11-25(12-10-24)19-22-18(23-26-19)15-7-5-4-6-8-15/h4-8H,3,9-13H2,1-2H3,(H,20,21). The summed E-state index contributed by atoms with van der Waals surface area (Å²) in [7, 11) is 0. The summed E-state index contributed by atoms with van der Waals surface area (Å²) in [6.45, 7) is 8.76. The van der Waals surface area contributed by atoms with Crippen molar-refractivity contribution in [3.05, 3.63) is 47.5 Å². The third-order valence-corrected chi connectivity index (χ3v) is 4.83. The highest BCUT2D eigenvalue weighted by Gasteiger charge is 2.22. The molecule has 1 aliphatic heterocycles. The van der Waals surface area contributed by atoms with Crippen LogP contribution in [0.25, 0.3) is 11.4 Å². The molecule has 0 saturated carbocycles. The van der Waals surface area contributed by atoms with Gasteiger partial charge in [0.1, 0.15) is 5.82 Å². The Balaban J connectivity index is 1.36. The predicted molar refractivity (Wildman–Crippen MR) is 99.9 cm³/mol. The number of hydrogen-bond acceptors (Lipinski definition) is 6. The number of benzene rings is 1. The molecule has 0 radical (unpaired) electrons. The lowest BCUT2D eigenvalue weighted by atomic mass is 10.2. The summed E-state index contributed by atoms with van der Waals surface area (Å²) in [5.74, 6) is 1.71. The lowest BCUT2D eigenvalue weighted by Crippen LogP contribution is -2.46. The van der Waals surface area contributed by atoms with Gasteiger partial charge in [0.05, 0.1) is 5.69 Å². The minimum absolute atomic E-state index is 0.604. The summed E-state index contributed by atoms with van der Waals surface area (Å²) < 4.78 is 5.48. The van der Waals surface area contributed by atoms with Gasteiger partial charge in [-0.05, 0) is 6.92 Å². The Morgan fingerprint density at radius 1 is 1.08 bits per heavy atom. The maximum atomic E-state index is 5.48. The van der Waals surface area contributed by atoms with Crippen LogP contribution >= 0.6 is 0 Å². The SMILES string of the molecule is CCc1nc(CN2CCN(c3nc(-c4ccccc4)no3)CC2)c(C)[nH]1. The fraction of sp³-hybridized carbons (Fsp3) is 0.421. The van der Waals surface area contributed by atoms with Crippen LogP contribution in [0.2, 0.25) is 0 Å². The molecular weight excluding hydrogens is 328 g/mol. The zero-order valence-corrected chi connectivity index (χ0v) is 15.3. The van der Waals surface area contributed by atoms with E-state index in [2.05, 4.69) is 43.8 Å². The van der Waals surface area contributed by atoms with Crippen LogP contribution in [0.4, 0.5) is 6.01 Å². The number of imidazole rings is 1. The van der Waals surface area contributed by atoms with E-state index in [0.717, 1.165) is 56.2 Å². The van der Waals surface area contributed by atoms with Gasteiger partial charge in [-0.25, -0.2) is 4.98 Å². The first-order valence-electron chi connectivity index (χ1n) is 9.13. The van der Waals surface area contributed by atoms with E-state index in [1.54, 1.807) is 0 Å². The van der Waals surface area contributed by atoms with Gasteiger partial charge >= 0.3 is 6.01 Å². The van der Waals surface area contributed by atoms with Crippen molar-refractivity contribution in [2.24, 2.45) is 0 Å². The van der Waals surface area contributed by atoms with Gasteiger partial charge in [0.2, 0.25) is 5.82 Å². The number of H-pyrrole nitrogens is 1. The molecule has 0 bridgehead atoms. The number of rotatable bonds is 5. The third kappa shape index (κ3) is 3.48. The summed E-state index contributed by atoms with van der Waals surface area (Å²) in [5, 5.41) is 4.12. The molecule has 0 amide bonds. The summed E-state index contributed by atoms with van der Waals surface area (Å²) >= 11 is 0.